The number of rotatable bonds is 16. The molecule has 0 atom stereocenters. The minimum absolute atomic E-state index is 0.284. The molecule has 3 aromatic rings. The smallest absolute Gasteiger partial charge is 0.265 e. The maximum absolute atomic E-state index is 10.9. The second-order valence-corrected chi connectivity index (χ2v) is 9.91. The molecule has 0 amide bonds. The Bertz CT molecular complexity index is 1270. The van der Waals surface area contributed by atoms with Gasteiger partial charge in [0.15, 0.2) is 18.2 Å². The van der Waals surface area contributed by atoms with E-state index in [9.17, 15) is 8.42 Å². The van der Waals surface area contributed by atoms with Crippen LogP contribution in [0.4, 0.5) is 0 Å². The number of allylic oxidation sites excluding steroid dienone is 1. The summed E-state index contributed by atoms with van der Waals surface area (Å²) in [7, 11) is -3.98. The molecule has 0 aliphatic heterocycles. The fraction of sp³-hybridized carbons (Fsp3) is 0.273. The van der Waals surface area contributed by atoms with Gasteiger partial charge >= 0.3 is 0 Å². The van der Waals surface area contributed by atoms with Crippen molar-refractivity contribution < 1.29 is 46.2 Å². The Hall–Kier alpha value is -3.02. The topological polar surface area (TPSA) is 179 Å². The Morgan fingerprint density at radius 2 is 2.00 bits per heavy atom. The minimum atomic E-state index is -3.98. The number of hydrogen-bond acceptors (Lipinski definition) is 12. The second-order valence-electron chi connectivity index (χ2n) is 7.59. The minimum Gasteiger partial charge on any atom is -0.492 e. The lowest BCUT2D eigenvalue weighted by Gasteiger charge is -2.11. The van der Waals surface area contributed by atoms with E-state index in [2.05, 4.69) is 26.5 Å². The highest BCUT2D eigenvalue weighted by molar-refractivity contribution is 7.94. The van der Waals surface area contributed by atoms with Crippen LogP contribution < -0.4 is 20.7 Å². The number of ether oxygens (including phenoxy) is 1. The van der Waals surface area contributed by atoms with Crippen LogP contribution in [0, 0.1) is 0 Å². The standard InChI is InChI=1S/C22H26N4O9S2/c1-16(33-25-23)4-2-12-31-19-6-5-18(14-21(19)36-35-34-27)20-15-24-22(32-20)17-7-10-26(11-8-17)9-3-13-37(28,29)30/h5-8,10-11,14-15,23-24H,1-4,9,12-13H2,(H2,27,28,29,30)/p+1. The van der Waals surface area contributed by atoms with Crippen molar-refractivity contribution in [2.45, 2.75) is 30.7 Å². The quantitative estimate of drug-likeness (QED) is 0.0296. The van der Waals surface area contributed by atoms with Gasteiger partial charge in [0.2, 0.25) is 5.89 Å². The summed E-state index contributed by atoms with van der Waals surface area (Å²) in [5, 5.41) is 12.3. The summed E-state index contributed by atoms with van der Waals surface area (Å²) in [6, 6.07) is 8.83. The zero-order valence-corrected chi connectivity index (χ0v) is 21.2. The maximum atomic E-state index is 10.9. The van der Waals surface area contributed by atoms with Crippen molar-refractivity contribution in [3.05, 3.63) is 61.3 Å². The molecule has 0 saturated heterocycles. The predicted octanol–water partition coefficient (Wildman–Crippen LogP) is 3.07. The van der Waals surface area contributed by atoms with Gasteiger partial charge in [-0.2, -0.15) is 8.42 Å². The van der Waals surface area contributed by atoms with E-state index < -0.39 is 10.1 Å². The van der Waals surface area contributed by atoms with E-state index in [1.807, 2.05) is 0 Å². The van der Waals surface area contributed by atoms with E-state index in [0.717, 1.165) is 17.6 Å². The molecule has 0 unspecified atom stereocenters. The predicted molar refractivity (Wildman–Crippen MR) is 132 cm³/mol. The van der Waals surface area contributed by atoms with Crippen LogP contribution in [0.5, 0.6) is 5.75 Å². The molecule has 0 fully saturated rings. The Morgan fingerprint density at radius 1 is 1.22 bits per heavy atom. The number of aryl methyl sites for hydroxylation is 1. The van der Waals surface area contributed by atoms with Gasteiger partial charge in [0.1, 0.15) is 18.1 Å². The second kappa shape index (κ2) is 14.1. The lowest BCUT2D eigenvalue weighted by atomic mass is 10.2. The van der Waals surface area contributed by atoms with Crippen molar-refractivity contribution in [2.24, 2.45) is 5.84 Å². The molecule has 1 aromatic carbocycles. The first-order valence-electron chi connectivity index (χ1n) is 10.9. The molecule has 37 heavy (non-hydrogen) atoms. The van der Waals surface area contributed by atoms with Gasteiger partial charge < -0.3 is 14.0 Å². The number of pyridine rings is 1. The number of nitrogens with two attached hydrogens (primary N) is 1. The molecule has 5 N–H and O–H groups in total. The molecule has 2 aromatic heterocycles. The van der Waals surface area contributed by atoms with Gasteiger partial charge in [-0.25, -0.2) is 20.7 Å². The van der Waals surface area contributed by atoms with Crippen LogP contribution in [0.2, 0.25) is 0 Å². The highest BCUT2D eigenvalue weighted by Gasteiger charge is 2.15. The van der Waals surface area contributed by atoms with Crippen molar-refractivity contribution in [2.75, 3.05) is 12.4 Å². The fourth-order valence-electron chi connectivity index (χ4n) is 3.20. The molecular weight excluding hydrogens is 528 g/mol. The monoisotopic (exact) mass is 555 g/mol. The molecule has 0 saturated carbocycles. The van der Waals surface area contributed by atoms with Crippen LogP contribution in [0.1, 0.15) is 19.3 Å². The van der Waals surface area contributed by atoms with Crippen LogP contribution in [-0.4, -0.2) is 35.6 Å². The van der Waals surface area contributed by atoms with Crippen molar-refractivity contribution in [3.63, 3.8) is 0 Å². The molecule has 3 rings (SSSR count). The number of nitrogens with one attached hydrogen (secondary N) is 1. The third kappa shape index (κ3) is 9.42. The summed E-state index contributed by atoms with van der Waals surface area (Å²) in [4.78, 5) is 9.72. The number of aromatic nitrogens is 2. The maximum Gasteiger partial charge on any atom is 0.265 e. The summed E-state index contributed by atoms with van der Waals surface area (Å²) >= 11 is 0.757. The van der Waals surface area contributed by atoms with Crippen LogP contribution in [0.3, 0.4) is 0 Å². The summed E-state index contributed by atoms with van der Waals surface area (Å²) in [5.41, 5.74) is 3.47. The number of hydrazine groups is 1. The molecule has 0 aliphatic rings. The molecule has 200 valence electrons. The van der Waals surface area contributed by atoms with E-state index in [4.69, 9.17) is 29.6 Å². The Balaban J connectivity index is 1.66. The first-order chi connectivity index (χ1) is 17.8. The van der Waals surface area contributed by atoms with E-state index in [1.54, 1.807) is 53.5 Å². The van der Waals surface area contributed by atoms with Gasteiger partial charge in [-0.3, -0.25) is 4.55 Å². The van der Waals surface area contributed by atoms with E-state index in [-0.39, 0.29) is 12.2 Å². The zero-order chi connectivity index (χ0) is 26.7. The van der Waals surface area contributed by atoms with Crippen LogP contribution >= 0.6 is 12.0 Å². The van der Waals surface area contributed by atoms with Crippen LogP contribution in [0.15, 0.2) is 70.6 Å². The lowest BCUT2D eigenvalue weighted by Crippen LogP contribution is -2.33. The van der Waals surface area contributed by atoms with E-state index in [0.29, 0.717) is 59.6 Å². The average molecular weight is 556 g/mol. The van der Waals surface area contributed by atoms with Gasteiger partial charge in [0, 0.05) is 36.1 Å². The molecular formula is C22H27N4O9S2+. The van der Waals surface area contributed by atoms with Crippen molar-refractivity contribution >= 4 is 22.2 Å². The largest absolute Gasteiger partial charge is 0.492 e. The summed E-state index contributed by atoms with van der Waals surface area (Å²) < 4.78 is 48.7. The van der Waals surface area contributed by atoms with Gasteiger partial charge in [0.25, 0.3) is 10.1 Å². The molecule has 0 aliphatic carbocycles. The lowest BCUT2D eigenvalue weighted by molar-refractivity contribution is -0.696. The number of hydrogen-bond donors (Lipinski definition) is 4. The van der Waals surface area contributed by atoms with Crippen LogP contribution in [-0.2, 0) is 30.9 Å². The number of benzene rings is 1. The van der Waals surface area contributed by atoms with Crippen molar-refractivity contribution in [1.29, 1.82) is 0 Å². The summed E-state index contributed by atoms with van der Waals surface area (Å²) in [6.45, 7) is 4.49. The average Bonchev–Trinajstić information content (AvgIpc) is 3.36. The van der Waals surface area contributed by atoms with Gasteiger partial charge in [-0.1, -0.05) is 17.2 Å². The third-order valence-electron chi connectivity index (χ3n) is 4.91. The Kier molecular flexibility index (Phi) is 10.8. The first-order valence-corrected chi connectivity index (χ1v) is 13.3. The number of oxazole rings is 1. The molecule has 0 bridgehead atoms. The summed E-state index contributed by atoms with van der Waals surface area (Å²) in [6.07, 6.45) is 6.55. The molecule has 0 spiro atoms. The molecule has 15 heteroatoms. The third-order valence-corrected chi connectivity index (χ3v) is 6.34. The zero-order valence-electron chi connectivity index (χ0n) is 19.6. The molecule has 0 radical (unpaired) electrons. The van der Waals surface area contributed by atoms with Gasteiger partial charge in [0.05, 0.1) is 35.5 Å². The Morgan fingerprint density at radius 3 is 2.70 bits per heavy atom. The first kappa shape index (κ1) is 28.5. The normalized spacial score (nSPS) is 11.4. The van der Waals surface area contributed by atoms with Gasteiger partial charge in [-0.15, -0.1) is 4.33 Å². The van der Waals surface area contributed by atoms with Crippen molar-refractivity contribution in [3.8, 4) is 28.5 Å². The highest BCUT2D eigenvalue weighted by atomic mass is 32.2. The van der Waals surface area contributed by atoms with E-state index >= 15 is 0 Å². The SMILES string of the molecule is C=C(CCCOc1ccc(-c2cnc(-c3cc[n+](CCCS(=O)(=O)O)cc3)o2)cc1SOOO)ONN. The Labute approximate surface area is 217 Å². The van der Waals surface area contributed by atoms with Gasteiger partial charge in [-0.05, 0) is 24.6 Å². The fourth-order valence-corrected chi connectivity index (χ4v) is 4.18. The summed E-state index contributed by atoms with van der Waals surface area (Å²) in [5.74, 6) is 6.61. The van der Waals surface area contributed by atoms with Crippen LogP contribution in [0.25, 0.3) is 22.8 Å². The molecule has 13 nitrogen and oxygen atoms in total. The van der Waals surface area contributed by atoms with Crippen molar-refractivity contribution in [1.82, 2.24) is 10.6 Å². The highest BCUT2D eigenvalue weighted by Crippen LogP contribution is 2.35. The molecule has 2 heterocycles. The van der Waals surface area contributed by atoms with E-state index in [1.165, 1.54) is 0 Å². The number of nitrogens with zero attached hydrogens (tertiary/aromatic N) is 2.